The molecule has 0 bridgehead atoms. The maximum atomic E-state index is 13.8. The molecule has 7 nitrogen and oxygen atoms in total. The second-order valence-corrected chi connectivity index (χ2v) is 10.0. The Morgan fingerprint density at radius 3 is 2.71 bits per heavy atom. The minimum Gasteiger partial charge on any atom is -0.378 e. The van der Waals surface area contributed by atoms with Crippen LogP contribution >= 0.6 is 15.9 Å². The van der Waals surface area contributed by atoms with E-state index in [4.69, 9.17) is 14.0 Å². The molecule has 1 unspecified atom stereocenters. The fourth-order valence-electron chi connectivity index (χ4n) is 4.73. The van der Waals surface area contributed by atoms with E-state index >= 15 is 0 Å². The quantitative estimate of drug-likeness (QED) is 0.417. The molecular formula is C27H30BrN3O4. The second-order valence-electron chi connectivity index (χ2n) is 9.11. The topological polar surface area (TPSA) is 68.0 Å². The molecule has 1 atom stereocenters. The van der Waals surface area contributed by atoms with Gasteiger partial charge in [-0.05, 0) is 44.0 Å². The summed E-state index contributed by atoms with van der Waals surface area (Å²) in [5.74, 6) is 0.676. The molecule has 3 heterocycles. The number of nitrogens with zero attached hydrogens (tertiary/aromatic N) is 3. The number of aryl methyl sites for hydroxylation is 1. The summed E-state index contributed by atoms with van der Waals surface area (Å²) in [7, 11) is 0. The zero-order valence-electron chi connectivity index (χ0n) is 19.9. The number of carbonyl (C=O) groups excluding carboxylic acids is 1. The molecule has 2 aliphatic rings. The van der Waals surface area contributed by atoms with Crippen molar-refractivity contribution < 1.29 is 18.8 Å². The lowest BCUT2D eigenvalue weighted by atomic mass is 10.0. The lowest BCUT2D eigenvalue weighted by Gasteiger charge is -2.29. The SMILES string of the molecule is Cc1cccc(-c2noc(N3CCOCC3)c2CN(CC2CCCO2)C(=O)c2cccc(Br)c2)c1. The van der Waals surface area contributed by atoms with E-state index in [0.717, 1.165) is 59.4 Å². The fourth-order valence-corrected chi connectivity index (χ4v) is 5.12. The molecule has 0 N–H and O–H groups in total. The highest BCUT2D eigenvalue weighted by atomic mass is 79.9. The van der Waals surface area contributed by atoms with Gasteiger partial charge in [-0.2, -0.15) is 0 Å². The van der Waals surface area contributed by atoms with Crippen molar-refractivity contribution in [1.82, 2.24) is 10.1 Å². The molecule has 3 aromatic rings. The van der Waals surface area contributed by atoms with Crippen LogP contribution in [0.15, 0.2) is 57.5 Å². The van der Waals surface area contributed by atoms with Gasteiger partial charge in [-0.3, -0.25) is 4.79 Å². The number of benzene rings is 2. The first-order valence-corrected chi connectivity index (χ1v) is 12.9. The average molecular weight is 540 g/mol. The lowest BCUT2D eigenvalue weighted by molar-refractivity contribution is 0.0507. The van der Waals surface area contributed by atoms with Gasteiger partial charge in [-0.1, -0.05) is 50.9 Å². The predicted molar refractivity (Wildman–Crippen MR) is 138 cm³/mol. The Balaban J connectivity index is 1.53. The van der Waals surface area contributed by atoms with Crippen LogP contribution in [0.5, 0.6) is 0 Å². The van der Waals surface area contributed by atoms with Gasteiger partial charge in [0.1, 0.15) is 5.69 Å². The maximum absolute atomic E-state index is 13.8. The van der Waals surface area contributed by atoms with Crippen molar-refractivity contribution in [1.29, 1.82) is 0 Å². The zero-order chi connectivity index (χ0) is 24.2. The molecule has 2 aliphatic heterocycles. The number of ether oxygens (including phenoxy) is 2. The van der Waals surface area contributed by atoms with Gasteiger partial charge >= 0.3 is 0 Å². The molecule has 2 saturated heterocycles. The molecule has 184 valence electrons. The molecule has 5 rings (SSSR count). The number of carbonyl (C=O) groups is 1. The van der Waals surface area contributed by atoms with E-state index in [9.17, 15) is 4.79 Å². The van der Waals surface area contributed by atoms with Crippen molar-refractivity contribution in [2.24, 2.45) is 0 Å². The molecule has 0 saturated carbocycles. The number of morpholine rings is 1. The van der Waals surface area contributed by atoms with Crippen LogP contribution in [0.3, 0.4) is 0 Å². The summed E-state index contributed by atoms with van der Waals surface area (Å²) in [6.07, 6.45) is 2.00. The summed E-state index contributed by atoms with van der Waals surface area (Å²) >= 11 is 3.50. The third-order valence-corrected chi connectivity index (χ3v) is 7.01. The van der Waals surface area contributed by atoms with Crippen LogP contribution in [0.25, 0.3) is 11.3 Å². The van der Waals surface area contributed by atoms with Crippen molar-refractivity contribution >= 4 is 27.7 Å². The van der Waals surface area contributed by atoms with E-state index in [1.54, 1.807) is 0 Å². The highest BCUT2D eigenvalue weighted by Crippen LogP contribution is 2.34. The summed E-state index contributed by atoms with van der Waals surface area (Å²) < 4.78 is 18.3. The molecule has 8 heteroatoms. The van der Waals surface area contributed by atoms with Crippen molar-refractivity contribution in [3.05, 3.63) is 69.7 Å². The minimum absolute atomic E-state index is 0.0280. The average Bonchev–Trinajstić information content (AvgIpc) is 3.54. The molecule has 2 fully saturated rings. The molecule has 35 heavy (non-hydrogen) atoms. The van der Waals surface area contributed by atoms with Crippen molar-refractivity contribution in [3.8, 4) is 11.3 Å². The lowest BCUT2D eigenvalue weighted by Crippen LogP contribution is -2.39. The van der Waals surface area contributed by atoms with Crippen LogP contribution in [-0.4, -0.2) is 61.5 Å². The third kappa shape index (κ3) is 5.60. The van der Waals surface area contributed by atoms with E-state index in [1.165, 1.54) is 0 Å². The van der Waals surface area contributed by atoms with E-state index in [2.05, 4.69) is 45.0 Å². The molecule has 1 amide bonds. The Morgan fingerprint density at radius 1 is 1.14 bits per heavy atom. The van der Waals surface area contributed by atoms with E-state index in [1.807, 2.05) is 41.3 Å². The van der Waals surface area contributed by atoms with Crippen LogP contribution in [0.4, 0.5) is 5.88 Å². The van der Waals surface area contributed by atoms with Gasteiger partial charge in [0.15, 0.2) is 0 Å². The van der Waals surface area contributed by atoms with Crippen LogP contribution in [0, 0.1) is 6.92 Å². The van der Waals surface area contributed by atoms with Gasteiger partial charge in [0.25, 0.3) is 5.91 Å². The Hall–Kier alpha value is -2.68. The standard InChI is InChI=1S/C27H30BrN3O4/c1-19-5-2-6-20(15-19)25-24(27(35-29-25)30-10-13-33-14-11-30)18-31(17-23-9-4-12-34-23)26(32)21-7-3-8-22(28)16-21/h2-3,5-8,15-16,23H,4,9-14,17-18H2,1H3. The molecular weight excluding hydrogens is 510 g/mol. The van der Waals surface area contributed by atoms with E-state index in [-0.39, 0.29) is 12.0 Å². The summed E-state index contributed by atoms with van der Waals surface area (Å²) in [5, 5.41) is 4.50. The first kappa shape index (κ1) is 24.0. The van der Waals surface area contributed by atoms with E-state index in [0.29, 0.717) is 37.8 Å². The van der Waals surface area contributed by atoms with Crippen LogP contribution in [-0.2, 0) is 16.0 Å². The number of anilines is 1. The van der Waals surface area contributed by atoms with Gasteiger partial charge in [-0.25, -0.2) is 0 Å². The number of halogens is 1. The zero-order valence-corrected chi connectivity index (χ0v) is 21.5. The van der Waals surface area contributed by atoms with Crippen molar-refractivity contribution in [3.63, 3.8) is 0 Å². The molecule has 1 aromatic heterocycles. The molecule has 0 spiro atoms. The molecule has 0 radical (unpaired) electrons. The van der Waals surface area contributed by atoms with Gasteiger partial charge in [0.2, 0.25) is 5.88 Å². The highest BCUT2D eigenvalue weighted by molar-refractivity contribution is 9.10. The monoisotopic (exact) mass is 539 g/mol. The molecule has 2 aromatic carbocycles. The number of amides is 1. The van der Waals surface area contributed by atoms with Gasteiger partial charge < -0.3 is 23.8 Å². The summed E-state index contributed by atoms with van der Waals surface area (Å²) in [5.41, 5.74) is 4.45. The van der Waals surface area contributed by atoms with Crippen LogP contribution in [0.2, 0.25) is 0 Å². The third-order valence-electron chi connectivity index (χ3n) is 6.51. The number of hydrogen-bond acceptors (Lipinski definition) is 6. The summed E-state index contributed by atoms with van der Waals surface area (Å²) in [6.45, 7) is 6.42. The Morgan fingerprint density at radius 2 is 1.97 bits per heavy atom. The van der Waals surface area contributed by atoms with Crippen LogP contribution in [0.1, 0.15) is 34.3 Å². The molecule has 0 aliphatic carbocycles. The first-order chi connectivity index (χ1) is 17.1. The number of hydrogen-bond donors (Lipinski definition) is 0. The highest BCUT2D eigenvalue weighted by Gasteiger charge is 2.30. The minimum atomic E-state index is -0.0360. The van der Waals surface area contributed by atoms with Crippen molar-refractivity contribution in [2.75, 3.05) is 44.4 Å². The van der Waals surface area contributed by atoms with Gasteiger partial charge in [-0.15, -0.1) is 0 Å². The summed E-state index contributed by atoms with van der Waals surface area (Å²) in [6, 6.07) is 15.8. The fraction of sp³-hybridized carbons (Fsp3) is 0.407. The van der Waals surface area contributed by atoms with Gasteiger partial charge in [0, 0.05) is 41.8 Å². The maximum Gasteiger partial charge on any atom is 0.254 e. The van der Waals surface area contributed by atoms with Crippen LogP contribution < -0.4 is 4.90 Å². The number of rotatable bonds is 7. The Bertz CT molecular complexity index is 1170. The normalized spacial score (nSPS) is 18.1. The predicted octanol–water partition coefficient (Wildman–Crippen LogP) is 5.07. The largest absolute Gasteiger partial charge is 0.378 e. The Labute approximate surface area is 214 Å². The van der Waals surface area contributed by atoms with Crippen molar-refractivity contribution in [2.45, 2.75) is 32.4 Å². The van der Waals surface area contributed by atoms with E-state index < -0.39 is 0 Å². The first-order valence-electron chi connectivity index (χ1n) is 12.1. The Kier molecular flexibility index (Phi) is 7.51. The smallest absolute Gasteiger partial charge is 0.254 e. The second kappa shape index (κ2) is 10.9. The summed E-state index contributed by atoms with van der Waals surface area (Å²) in [4.78, 5) is 17.8. The van der Waals surface area contributed by atoms with Gasteiger partial charge in [0.05, 0.1) is 31.4 Å². The number of aromatic nitrogens is 1.